The second-order valence-electron chi connectivity index (χ2n) is 5.89. The number of carbonyl (C=O) groups excluding carboxylic acids is 1. The third kappa shape index (κ3) is 2.89. The Bertz CT molecular complexity index is 793. The van der Waals surface area contributed by atoms with Gasteiger partial charge >= 0.3 is 6.09 Å². The number of likely N-dealkylation sites (tertiary alicyclic amines) is 1. The van der Waals surface area contributed by atoms with Gasteiger partial charge in [0.25, 0.3) is 5.88 Å². The Balaban J connectivity index is 1.61. The predicted octanol–water partition coefficient (Wildman–Crippen LogP) is 3.62. The number of ether oxygens (including phenoxy) is 2. The molecule has 1 saturated heterocycles. The summed E-state index contributed by atoms with van der Waals surface area (Å²) in [5.74, 6) is 1.05. The fraction of sp³-hybridized carbons (Fsp3) is 0.353. The van der Waals surface area contributed by atoms with Gasteiger partial charge in [-0.2, -0.15) is 0 Å². The van der Waals surface area contributed by atoms with E-state index in [9.17, 15) is 4.79 Å². The number of rotatable bonds is 3. The number of aromatic nitrogens is 2. The van der Waals surface area contributed by atoms with Gasteiger partial charge in [-0.25, -0.2) is 4.79 Å². The quantitative estimate of drug-likeness (QED) is 0.850. The lowest BCUT2D eigenvalue weighted by Crippen LogP contribution is -2.43. The summed E-state index contributed by atoms with van der Waals surface area (Å²) in [6.45, 7) is 1.40. The Morgan fingerprint density at radius 1 is 1.12 bits per heavy atom. The number of hydrogen-bond acceptors (Lipinski definition) is 5. The van der Waals surface area contributed by atoms with Gasteiger partial charge < -0.3 is 14.4 Å². The summed E-state index contributed by atoms with van der Waals surface area (Å²) in [6.07, 6.45) is 3.70. The highest BCUT2D eigenvalue weighted by Gasteiger charge is 2.25. The van der Waals surface area contributed by atoms with Crippen LogP contribution in [0.3, 0.4) is 0 Å². The van der Waals surface area contributed by atoms with E-state index < -0.39 is 6.09 Å². The average molecular weight is 346 g/mol. The van der Waals surface area contributed by atoms with E-state index >= 15 is 0 Å². The van der Waals surface area contributed by atoms with E-state index in [0.717, 1.165) is 31.4 Å². The molecule has 1 aliphatic carbocycles. The van der Waals surface area contributed by atoms with Gasteiger partial charge in [0.05, 0.1) is 0 Å². The van der Waals surface area contributed by atoms with Crippen LogP contribution in [-0.2, 0) is 12.8 Å². The number of carbonyl (C=O) groups is 1. The van der Waals surface area contributed by atoms with Crippen molar-refractivity contribution in [2.24, 2.45) is 0 Å². The van der Waals surface area contributed by atoms with Gasteiger partial charge in [0.2, 0.25) is 0 Å². The van der Waals surface area contributed by atoms with Crippen LogP contribution in [0.4, 0.5) is 4.79 Å². The van der Waals surface area contributed by atoms with Crippen LogP contribution < -0.4 is 9.47 Å². The van der Waals surface area contributed by atoms with Crippen molar-refractivity contribution >= 4 is 17.7 Å². The molecule has 24 heavy (non-hydrogen) atoms. The van der Waals surface area contributed by atoms with Crippen LogP contribution in [0.25, 0.3) is 0 Å². The molecule has 1 fully saturated rings. The summed E-state index contributed by atoms with van der Waals surface area (Å²) in [4.78, 5) is 13.7. The zero-order valence-electron chi connectivity index (χ0n) is 13.0. The Morgan fingerprint density at radius 3 is 2.79 bits per heavy atom. The largest absolute Gasteiger partial charge is 0.435 e. The van der Waals surface area contributed by atoms with E-state index in [1.54, 1.807) is 4.90 Å². The fourth-order valence-corrected chi connectivity index (χ4v) is 3.06. The smallest absolute Gasteiger partial charge is 0.415 e. The number of fused-ring (bicyclic) bond motifs is 1. The van der Waals surface area contributed by atoms with E-state index in [1.165, 1.54) is 17.2 Å². The van der Waals surface area contributed by atoms with Crippen molar-refractivity contribution in [1.29, 1.82) is 0 Å². The molecular formula is C17H16ClN3O3. The van der Waals surface area contributed by atoms with E-state index in [0.29, 0.717) is 13.1 Å². The lowest BCUT2D eigenvalue weighted by Gasteiger charge is -2.29. The highest BCUT2D eigenvalue weighted by molar-refractivity contribution is 6.29. The average Bonchev–Trinajstić information content (AvgIpc) is 2.97. The van der Waals surface area contributed by atoms with Crippen molar-refractivity contribution in [2.75, 3.05) is 13.1 Å². The molecule has 0 spiro atoms. The molecule has 0 atom stereocenters. The second kappa shape index (κ2) is 6.28. The first-order chi connectivity index (χ1) is 11.7. The zero-order valence-corrected chi connectivity index (χ0v) is 13.8. The van der Waals surface area contributed by atoms with Crippen LogP contribution in [0, 0.1) is 0 Å². The van der Waals surface area contributed by atoms with Gasteiger partial charge in [0, 0.05) is 19.2 Å². The Morgan fingerprint density at radius 2 is 2.00 bits per heavy atom. The molecule has 1 aromatic heterocycles. The highest BCUT2D eigenvalue weighted by atomic mass is 35.5. The molecule has 1 aliphatic heterocycles. The summed E-state index contributed by atoms with van der Waals surface area (Å²) in [6, 6.07) is 7.40. The van der Waals surface area contributed by atoms with Gasteiger partial charge in [-0.05, 0) is 42.9 Å². The number of nitrogens with zero attached hydrogens (tertiary/aromatic N) is 3. The van der Waals surface area contributed by atoms with Gasteiger partial charge in [-0.3, -0.25) is 0 Å². The Kier molecular flexibility index (Phi) is 3.98. The van der Waals surface area contributed by atoms with Gasteiger partial charge in [-0.1, -0.05) is 23.7 Å². The van der Waals surface area contributed by atoms with Gasteiger partial charge in [-0.15, -0.1) is 10.2 Å². The number of aryl methyl sites for hydroxylation is 1. The normalized spacial score (nSPS) is 15.6. The minimum Gasteiger partial charge on any atom is -0.435 e. The van der Waals surface area contributed by atoms with Crippen LogP contribution in [0.15, 0.2) is 24.3 Å². The lowest BCUT2D eigenvalue weighted by molar-refractivity contribution is 0.123. The molecule has 1 amide bonds. The van der Waals surface area contributed by atoms with Crippen LogP contribution in [-0.4, -0.2) is 34.3 Å². The molecule has 0 radical (unpaired) electrons. The summed E-state index contributed by atoms with van der Waals surface area (Å²) in [5, 5.41) is 7.90. The molecule has 4 rings (SSSR count). The summed E-state index contributed by atoms with van der Waals surface area (Å²) < 4.78 is 11.3. The molecule has 0 unspecified atom stereocenters. The van der Waals surface area contributed by atoms with Gasteiger partial charge in [0.15, 0.2) is 10.9 Å². The van der Waals surface area contributed by atoms with Crippen LogP contribution in [0.1, 0.15) is 24.0 Å². The molecule has 0 saturated carbocycles. The van der Waals surface area contributed by atoms with Crippen molar-refractivity contribution in [2.45, 2.75) is 25.7 Å². The highest BCUT2D eigenvalue weighted by Crippen LogP contribution is 2.36. The monoisotopic (exact) mass is 345 g/mol. The first-order valence-corrected chi connectivity index (χ1v) is 8.37. The predicted molar refractivity (Wildman–Crippen MR) is 87.8 cm³/mol. The maximum atomic E-state index is 12.1. The molecule has 0 bridgehead atoms. The summed E-state index contributed by atoms with van der Waals surface area (Å²) in [7, 11) is 0. The van der Waals surface area contributed by atoms with Crippen molar-refractivity contribution in [3.05, 3.63) is 40.5 Å². The van der Waals surface area contributed by atoms with E-state index in [2.05, 4.69) is 16.3 Å². The fourth-order valence-electron chi connectivity index (χ4n) is 2.93. The first kappa shape index (κ1) is 15.2. The van der Waals surface area contributed by atoms with E-state index in [4.69, 9.17) is 21.1 Å². The molecule has 6 nitrogen and oxygen atoms in total. The van der Waals surface area contributed by atoms with E-state index in [-0.39, 0.29) is 16.8 Å². The molecule has 2 heterocycles. The molecule has 2 aromatic rings. The van der Waals surface area contributed by atoms with Crippen LogP contribution in [0.2, 0.25) is 5.15 Å². The number of halogens is 1. The molecule has 7 heteroatoms. The lowest BCUT2D eigenvalue weighted by atomic mass is 10.1. The molecule has 0 N–H and O–H groups in total. The standard InChI is InChI=1S/C17H16ClN3O3/c18-15-10-14(24-17(22)21-8-3-9-21)16(20-19-15)23-13-7-2-5-11-4-1-6-12(11)13/h2,5,7,10H,1,3-4,6,8-9H2. The van der Waals surface area contributed by atoms with Crippen LogP contribution in [0.5, 0.6) is 17.4 Å². The number of amides is 1. The van der Waals surface area contributed by atoms with Crippen molar-refractivity contribution in [1.82, 2.24) is 15.1 Å². The van der Waals surface area contributed by atoms with Crippen molar-refractivity contribution in [3.63, 3.8) is 0 Å². The van der Waals surface area contributed by atoms with Crippen molar-refractivity contribution < 1.29 is 14.3 Å². The minimum absolute atomic E-state index is 0.145. The number of hydrogen-bond donors (Lipinski definition) is 0. The summed E-state index contributed by atoms with van der Waals surface area (Å²) >= 11 is 5.89. The topological polar surface area (TPSA) is 64.5 Å². The van der Waals surface area contributed by atoms with Crippen molar-refractivity contribution in [3.8, 4) is 17.4 Å². The molecule has 124 valence electrons. The minimum atomic E-state index is -0.423. The molecular weight excluding hydrogens is 330 g/mol. The Labute approximate surface area is 144 Å². The first-order valence-electron chi connectivity index (χ1n) is 7.99. The zero-order chi connectivity index (χ0) is 16.5. The SMILES string of the molecule is O=C(Oc1cc(Cl)nnc1Oc1cccc2c1CCC2)N1CCC1. The molecule has 1 aromatic carbocycles. The van der Waals surface area contributed by atoms with Gasteiger partial charge in [0.1, 0.15) is 5.75 Å². The Hall–Kier alpha value is -2.34. The van der Waals surface area contributed by atoms with E-state index in [1.807, 2.05) is 12.1 Å². The van der Waals surface area contributed by atoms with Crippen LogP contribution >= 0.6 is 11.6 Å². The third-order valence-corrected chi connectivity index (χ3v) is 4.50. The molecule has 2 aliphatic rings. The third-order valence-electron chi connectivity index (χ3n) is 4.32. The second-order valence-corrected chi connectivity index (χ2v) is 6.28. The number of benzene rings is 1. The summed E-state index contributed by atoms with van der Waals surface area (Å²) in [5.41, 5.74) is 2.46. The maximum absolute atomic E-state index is 12.1. The maximum Gasteiger partial charge on any atom is 0.415 e.